The summed E-state index contributed by atoms with van der Waals surface area (Å²) in [6, 6.07) is 85.5. The molecule has 0 aliphatic rings. The van der Waals surface area contributed by atoms with Crippen LogP contribution in [0.2, 0.25) is 0 Å². The van der Waals surface area contributed by atoms with Gasteiger partial charge in [0.25, 0.3) is 0 Å². The van der Waals surface area contributed by atoms with Crippen LogP contribution in [0, 0.1) is 0 Å². The van der Waals surface area contributed by atoms with E-state index in [1.165, 1.54) is 54.9 Å². The van der Waals surface area contributed by atoms with Gasteiger partial charge < -0.3 is 9.32 Å². The van der Waals surface area contributed by atoms with Crippen molar-refractivity contribution in [1.82, 2.24) is 0 Å². The predicted octanol–water partition coefficient (Wildman–Crippen LogP) is 17.2. The number of fused-ring (bicyclic) bond motifs is 7. The molecule has 0 aliphatic heterocycles. The van der Waals surface area contributed by atoms with Crippen molar-refractivity contribution in [2.24, 2.45) is 0 Å². The molecule has 11 aromatic carbocycles. The van der Waals surface area contributed by atoms with Gasteiger partial charge in [-0.1, -0.05) is 182 Å². The molecule has 0 saturated carbocycles. The zero-order valence-corrected chi connectivity index (χ0v) is 33.9. The first-order valence-corrected chi connectivity index (χ1v) is 21.2. The van der Waals surface area contributed by atoms with Crippen LogP contribution in [0.3, 0.4) is 0 Å². The van der Waals surface area contributed by atoms with E-state index in [4.69, 9.17) is 4.42 Å². The number of hydrogen-bond acceptors (Lipinski definition) is 2. The van der Waals surface area contributed by atoms with Gasteiger partial charge >= 0.3 is 0 Å². The van der Waals surface area contributed by atoms with Crippen LogP contribution < -0.4 is 4.90 Å². The Morgan fingerprint density at radius 1 is 0.274 bits per heavy atom. The summed E-state index contributed by atoms with van der Waals surface area (Å²) in [4.78, 5) is 2.39. The van der Waals surface area contributed by atoms with Crippen molar-refractivity contribution in [2.45, 2.75) is 0 Å². The summed E-state index contributed by atoms with van der Waals surface area (Å²) in [5, 5.41) is 9.52. The standard InChI is InChI=1S/C60H39NO/c1-3-18-50-41(12-1)14-10-22-52(50)43-30-35-49(36-31-43)61(48-33-28-40(29-34-48)45-16-9-17-46(38-45)53-23-11-15-42-13-2-4-19-51(42)53)58-24-7-5-20-54(58)47-27-26-44-32-37-56-55-21-6-8-25-59(55)62-60(56)57(44)39-47/h1-39H. The van der Waals surface area contributed by atoms with Crippen molar-refractivity contribution in [3.8, 4) is 44.5 Å². The zero-order chi connectivity index (χ0) is 41.0. The summed E-state index contributed by atoms with van der Waals surface area (Å²) in [6.07, 6.45) is 0. The number of para-hydroxylation sites is 2. The molecule has 0 radical (unpaired) electrons. The third-order valence-electron chi connectivity index (χ3n) is 12.5. The number of hydrogen-bond donors (Lipinski definition) is 0. The molecule has 0 N–H and O–H groups in total. The molecule has 0 fully saturated rings. The molecule has 1 heterocycles. The summed E-state index contributed by atoms with van der Waals surface area (Å²) in [7, 11) is 0. The van der Waals surface area contributed by atoms with E-state index in [-0.39, 0.29) is 0 Å². The van der Waals surface area contributed by atoms with Gasteiger partial charge in [-0.25, -0.2) is 0 Å². The van der Waals surface area contributed by atoms with Crippen molar-refractivity contribution < 1.29 is 4.42 Å². The van der Waals surface area contributed by atoms with E-state index >= 15 is 0 Å². The first kappa shape index (κ1) is 35.7. The van der Waals surface area contributed by atoms with Crippen molar-refractivity contribution in [2.75, 3.05) is 4.90 Å². The first-order valence-electron chi connectivity index (χ1n) is 21.2. The Labute approximate surface area is 360 Å². The second-order valence-corrected chi connectivity index (χ2v) is 16.1. The molecule has 0 spiro atoms. The fraction of sp³-hybridized carbons (Fsp3) is 0. The minimum Gasteiger partial charge on any atom is -0.455 e. The van der Waals surface area contributed by atoms with E-state index in [1.807, 2.05) is 6.07 Å². The number of nitrogens with zero attached hydrogens (tertiary/aromatic N) is 1. The van der Waals surface area contributed by atoms with Crippen LogP contribution in [0.15, 0.2) is 241 Å². The highest BCUT2D eigenvalue weighted by Crippen LogP contribution is 2.44. The average Bonchev–Trinajstić information content (AvgIpc) is 3.74. The van der Waals surface area contributed by atoms with Crippen molar-refractivity contribution in [3.05, 3.63) is 237 Å². The summed E-state index contributed by atoms with van der Waals surface area (Å²) >= 11 is 0. The Balaban J connectivity index is 0.984. The largest absolute Gasteiger partial charge is 0.455 e. The molecule has 0 saturated heterocycles. The van der Waals surface area contributed by atoms with E-state index in [0.717, 1.165) is 60.9 Å². The van der Waals surface area contributed by atoms with Gasteiger partial charge in [-0.2, -0.15) is 0 Å². The third-order valence-corrected chi connectivity index (χ3v) is 12.5. The van der Waals surface area contributed by atoms with Crippen LogP contribution >= 0.6 is 0 Å². The Bertz CT molecular complexity index is 3620. The molecule has 0 aliphatic carbocycles. The summed E-state index contributed by atoms with van der Waals surface area (Å²) in [6.45, 7) is 0. The lowest BCUT2D eigenvalue weighted by molar-refractivity contribution is 0.672. The average molecular weight is 790 g/mol. The Kier molecular flexibility index (Phi) is 8.53. The molecule has 0 unspecified atom stereocenters. The number of benzene rings is 11. The summed E-state index contributed by atoms with van der Waals surface area (Å²) < 4.78 is 6.54. The fourth-order valence-electron chi connectivity index (χ4n) is 9.42. The maximum atomic E-state index is 6.54. The lowest BCUT2D eigenvalue weighted by Crippen LogP contribution is -2.11. The highest BCUT2D eigenvalue weighted by Gasteiger charge is 2.19. The molecule has 62 heavy (non-hydrogen) atoms. The monoisotopic (exact) mass is 789 g/mol. The number of anilines is 3. The molecule has 2 heteroatoms. The van der Waals surface area contributed by atoms with Crippen LogP contribution in [0.25, 0.3) is 98.8 Å². The van der Waals surface area contributed by atoms with Gasteiger partial charge in [0.2, 0.25) is 0 Å². The topological polar surface area (TPSA) is 16.4 Å². The second-order valence-electron chi connectivity index (χ2n) is 16.1. The van der Waals surface area contributed by atoms with Gasteiger partial charge in [-0.15, -0.1) is 0 Å². The van der Waals surface area contributed by atoms with Crippen molar-refractivity contribution in [3.63, 3.8) is 0 Å². The molecule has 0 amide bonds. The minimum absolute atomic E-state index is 0.905. The van der Waals surface area contributed by atoms with E-state index in [9.17, 15) is 0 Å². The number of rotatable bonds is 7. The van der Waals surface area contributed by atoms with Gasteiger partial charge in [-0.3, -0.25) is 0 Å². The maximum absolute atomic E-state index is 6.54. The van der Waals surface area contributed by atoms with Crippen LogP contribution in [-0.2, 0) is 0 Å². The zero-order valence-electron chi connectivity index (χ0n) is 33.9. The maximum Gasteiger partial charge on any atom is 0.143 e. The van der Waals surface area contributed by atoms with Crippen LogP contribution in [0.4, 0.5) is 17.1 Å². The predicted molar refractivity (Wildman–Crippen MR) is 263 cm³/mol. The Hall–Kier alpha value is -8.20. The molecule has 2 nitrogen and oxygen atoms in total. The fourth-order valence-corrected chi connectivity index (χ4v) is 9.42. The van der Waals surface area contributed by atoms with E-state index < -0.39 is 0 Å². The minimum atomic E-state index is 0.905. The first-order chi connectivity index (χ1) is 30.7. The van der Waals surface area contributed by atoms with Crippen molar-refractivity contribution >= 4 is 71.3 Å². The molecule has 0 bridgehead atoms. The van der Waals surface area contributed by atoms with Gasteiger partial charge in [0.15, 0.2) is 0 Å². The lowest BCUT2D eigenvalue weighted by atomic mass is 9.95. The molecule has 12 rings (SSSR count). The Morgan fingerprint density at radius 3 is 1.52 bits per heavy atom. The third kappa shape index (κ3) is 6.12. The molecule has 0 atom stereocenters. The molecule has 290 valence electrons. The Morgan fingerprint density at radius 2 is 0.774 bits per heavy atom. The molecular formula is C60H39NO. The van der Waals surface area contributed by atoms with E-state index in [2.05, 4.69) is 235 Å². The highest BCUT2D eigenvalue weighted by molar-refractivity contribution is 6.15. The van der Waals surface area contributed by atoms with Crippen LogP contribution in [0.1, 0.15) is 0 Å². The van der Waals surface area contributed by atoms with E-state index in [0.29, 0.717) is 0 Å². The SMILES string of the molecule is c1cc(-c2ccc(N(c3ccc(-c4cccc5ccccc45)cc3)c3ccccc3-c3ccc4ccc5c6ccccc6oc5c4c3)cc2)cc(-c2cccc3ccccc23)c1. The lowest BCUT2D eigenvalue weighted by Gasteiger charge is -2.28. The van der Waals surface area contributed by atoms with Crippen molar-refractivity contribution in [1.29, 1.82) is 0 Å². The van der Waals surface area contributed by atoms with Crippen LogP contribution in [0.5, 0.6) is 0 Å². The molecule has 1 aromatic heterocycles. The summed E-state index contributed by atoms with van der Waals surface area (Å²) in [5.41, 5.74) is 14.5. The van der Waals surface area contributed by atoms with Gasteiger partial charge in [-0.05, 0) is 120 Å². The van der Waals surface area contributed by atoms with Gasteiger partial charge in [0.1, 0.15) is 11.2 Å². The quantitative estimate of drug-likeness (QED) is 0.160. The summed E-state index contributed by atoms with van der Waals surface area (Å²) in [5.74, 6) is 0. The number of furan rings is 1. The van der Waals surface area contributed by atoms with Gasteiger partial charge in [0.05, 0.1) is 5.69 Å². The molecule has 12 aromatic rings. The van der Waals surface area contributed by atoms with Gasteiger partial charge in [0, 0.05) is 33.1 Å². The normalized spacial score (nSPS) is 11.5. The van der Waals surface area contributed by atoms with Crippen LogP contribution in [-0.4, -0.2) is 0 Å². The molecular weight excluding hydrogens is 751 g/mol. The smallest absolute Gasteiger partial charge is 0.143 e. The van der Waals surface area contributed by atoms with E-state index in [1.54, 1.807) is 0 Å². The highest BCUT2D eigenvalue weighted by atomic mass is 16.3. The second kappa shape index (κ2) is 14.8.